The number of carbonyl (C=O) groups excluding carboxylic acids is 2. The van der Waals surface area contributed by atoms with Gasteiger partial charge < -0.3 is 14.7 Å². The van der Waals surface area contributed by atoms with Gasteiger partial charge in [0.25, 0.3) is 11.5 Å². The highest BCUT2D eigenvalue weighted by Crippen LogP contribution is 2.37. The van der Waals surface area contributed by atoms with Gasteiger partial charge in [-0.2, -0.15) is 5.26 Å². The predicted molar refractivity (Wildman–Crippen MR) is 163 cm³/mol. The molecule has 2 aliphatic heterocycles. The summed E-state index contributed by atoms with van der Waals surface area (Å²) in [6.45, 7) is 7.58. The van der Waals surface area contributed by atoms with E-state index in [9.17, 15) is 24.4 Å². The summed E-state index contributed by atoms with van der Waals surface area (Å²) in [6.07, 6.45) is 6.61. The lowest BCUT2D eigenvalue weighted by atomic mass is 9.96. The van der Waals surface area contributed by atoms with Crippen LogP contribution < -0.4 is 10.5 Å². The summed E-state index contributed by atoms with van der Waals surface area (Å²) in [6, 6.07) is 2.07. The third-order valence-corrected chi connectivity index (χ3v) is 8.72. The molecule has 2 saturated heterocycles. The number of carbonyl (C=O) groups is 3. The van der Waals surface area contributed by atoms with Crippen LogP contribution in [0, 0.1) is 24.2 Å². The molecular formula is C29H38N4O6S2. The molecule has 12 heteroatoms. The Morgan fingerprint density at radius 2 is 1.95 bits per heavy atom. The molecule has 3 heterocycles. The molecule has 1 aromatic heterocycles. The first kappa shape index (κ1) is 32.3. The number of thioether (sulfide) groups is 1. The molecule has 1 amide bonds. The number of carboxylic acids is 1. The zero-order valence-electron chi connectivity index (χ0n) is 23.9. The lowest BCUT2D eigenvalue weighted by Gasteiger charge is -2.36. The summed E-state index contributed by atoms with van der Waals surface area (Å²) in [5.74, 6) is -1.11. The van der Waals surface area contributed by atoms with Crippen LogP contribution in [0.15, 0.2) is 9.70 Å². The highest BCUT2D eigenvalue weighted by atomic mass is 32.2. The van der Waals surface area contributed by atoms with Crippen LogP contribution in [-0.4, -0.2) is 63.0 Å². The smallest absolute Gasteiger partial charge is 0.310 e. The molecule has 0 saturated carbocycles. The minimum Gasteiger partial charge on any atom is -0.481 e. The van der Waals surface area contributed by atoms with Gasteiger partial charge in [-0.15, -0.1) is 0 Å². The predicted octanol–water partition coefficient (Wildman–Crippen LogP) is 4.45. The number of nitriles is 1. The minimum atomic E-state index is -0.844. The first-order chi connectivity index (χ1) is 19.6. The van der Waals surface area contributed by atoms with Crippen LogP contribution in [0.25, 0.3) is 6.08 Å². The van der Waals surface area contributed by atoms with Crippen LogP contribution in [0.2, 0.25) is 0 Å². The minimum absolute atomic E-state index is 0.0314. The Bertz CT molecular complexity index is 1320. The van der Waals surface area contributed by atoms with Gasteiger partial charge in [-0.1, -0.05) is 43.7 Å². The summed E-state index contributed by atoms with van der Waals surface area (Å²) < 4.78 is 7.33. The number of anilines is 1. The number of esters is 1. The molecule has 0 aliphatic carbocycles. The lowest BCUT2D eigenvalue weighted by molar-refractivity contribution is -0.148. The van der Waals surface area contributed by atoms with E-state index in [2.05, 4.69) is 6.07 Å². The van der Waals surface area contributed by atoms with Crippen LogP contribution in [0.4, 0.5) is 5.82 Å². The van der Waals surface area contributed by atoms with E-state index in [0.717, 1.165) is 19.3 Å². The van der Waals surface area contributed by atoms with E-state index in [4.69, 9.17) is 22.1 Å². The standard InChI is InChI=1S/C29H38N4O6S2/c1-4-6-14-32-25(31-13-10-11-20(18-31)28(38)39-5-2)21(19(3)22(17-30)26(32)36)16-23-27(37)33(29(40)41-23)15-9-7-8-12-24(34)35/h16,20H,4-15,18H2,1-3H3,(H,34,35). The van der Waals surface area contributed by atoms with Crippen LogP contribution >= 0.6 is 24.0 Å². The molecule has 2 aliphatic rings. The molecule has 1 aromatic rings. The molecule has 0 bridgehead atoms. The van der Waals surface area contributed by atoms with Crippen molar-refractivity contribution in [3.63, 3.8) is 0 Å². The number of aromatic nitrogens is 1. The van der Waals surface area contributed by atoms with Crippen molar-refractivity contribution in [3.05, 3.63) is 31.9 Å². The van der Waals surface area contributed by atoms with Gasteiger partial charge in [0.05, 0.1) is 17.4 Å². The molecule has 222 valence electrons. The summed E-state index contributed by atoms with van der Waals surface area (Å²) in [4.78, 5) is 54.3. The topological polar surface area (TPSA) is 133 Å². The Hall–Kier alpha value is -3.17. The lowest BCUT2D eigenvalue weighted by Crippen LogP contribution is -2.43. The van der Waals surface area contributed by atoms with Gasteiger partial charge in [0.1, 0.15) is 21.8 Å². The number of amides is 1. The van der Waals surface area contributed by atoms with Crippen molar-refractivity contribution in [1.29, 1.82) is 5.26 Å². The average Bonchev–Trinajstić information content (AvgIpc) is 3.21. The molecular weight excluding hydrogens is 564 g/mol. The van der Waals surface area contributed by atoms with Crippen molar-refractivity contribution in [3.8, 4) is 6.07 Å². The van der Waals surface area contributed by atoms with Gasteiger partial charge in [0.15, 0.2) is 0 Å². The number of nitrogens with zero attached hydrogens (tertiary/aromatic N) is 4. The normalized spacial score (nSPS) is 18.2. The Morgan fingerprint density at radius 3 is 2.61 bits per heavy atom. The van der Waals surface area contributed by atoms with Gasteiger partial charge in [0.2, 0.25) is 0 Å². The molecule has 1 N–H and O–H groups in total. The Labute approximate surface area is 250 Å². The molecule has 3 rings (SSSR count). The van der Waals surface area contributed by atoms with Crippen LogP contribution in [0.3, 0.4) is 0 Å². The van der Waals surface area contributed by atoms with Crippen molar-refractivity contribution in [2.75, 3.05) is 31.1 Å². The second-order valence-electron chi connectivity index (χ2n) is 10.2. The van der Waals surface area contributed by atoms with Crippen LogP contribution in [-0.2, 0) is 25.7 Å². The second-order valence-corrected chi connectivity index (χ2v) is 11.9. The van der Waals surface area contributed by atoms with Crippen molar-refractivity contribution in [1.82, 2.24) is 9.47 Å². The number of rotatable bonds is 13. The number of hydrogen-bond donors (Lipinski definition) is 1. The number of aliphatic carboxylic acids is 1. The number of piperidine rings is 1. The van der Waals surface area contributed by atoms with Gasteiger partial charge in [-0.25, -0.2) is 0 Å². The van der Waals surface area contributed by atoms with Crippen molar-refractivity contribution >= 4 is 58.0 Å². The van der Waals surface area contributed by atoms with Gasteiger partial charge in [0, 0.05) is 38.2 Å². The fraction of sp³-hybridized carbons (Fsp3) is 0.586. The Balaban J connectivity index is 2.04. The molecule has 0 spiro atoms. The molecule has 41 heavy (non-hydrogen) atoms. The Morgan fingerprint density at radius 1 is 1.20 bits per heavy atom. The first-order valence-electron chi connectivity index (χ1n) is 14.2. The number of unbranched alkanes of at least 4 members (excludes halogenated alkanes) is 3. The van der Waals surface area contributed by atoms with Crippen LogP contribution in [0.5, 0.6) is 0 Å². The van der Waals surface area contributed by atoms with E-state index < -0.39 is 5.97 Å². The third-order valence-electron chi connectivity index (χ3n) is 7.34. The van der Waals surface area contributed by atoms with E-state index in [-0.39, 0.29) is 35.3 Å². The summed E-state index contributed by atoms with van der Waals surface area (Å²) in [5.41, 5.74) is 0.739. The van der Waals surface area contributed by atoms with Gasteiger partial charge in [-0.3, -0.25) is 28.6 Å². The number of hydrogen-bond acceptors (Lipinski definition) is 9. The number of thiocarbonyl (C=S) groups is 1. The monoisotopic (exact) mass is 602 g/mol. The molecule has 0 aromatic carbocycles. The largest absolute Gasteiger partial charge is 0.481 e. The van der Waals surface area contributed by atoms with E-state index in [1.165, 1.54) is 16.7 Å². The summed E-state index contributed by atoms with van der Waals surface area (Å²) >= 11 is 6.68. The maximum Gasteiger partial charge on any atom is 0.310 e. The number of carboxylic acid groups (broad SMARTS) is 1. The van der Waals surface area contributed by atoms with E-state index in [1.807, 2.05) is 11.8 Å². The highest BCUT2D eigenvalue weighted by molar-refractivity contribution is 8.26. The first-order valence-corrected chi connectivity index (χ1v) is 15.4. The zero-order chi connectivity index (χ0) is 30.1. The third kappa shape index (κ3) is 7.77. The fourth-order valence-electron chi connectivity index (χ4n) is 5.18. The number of ether oxygens (including phenoxy) is 1. The van der Waals surface area contributed by atoms with E-state index >= 15 is 0 Å². The SMILES string of the molecule is CCCCn1c(N2CCCC(C(=O)OCC)C2)c(C=C2SC(=S)N(CCCCCC(=O)O)C2=O)c(C)c(C#N)c1=O. The molecule has 1 unspecified atom stereocenters. The van der Waals surface area contributed by atoms with Crippen molar-refractivity contribution < 1.29 is 24.2 Å². The van der Waals surface area contributed by atoms with Crippen molar-refractivity contribution in [2.24, 2.45) is 5.92 Å². The molecule has 0 radical (unpaired) electrons. The van der Waals surface area contributed by atoms with E-state index in [0.29, 0.717) is 84.6 Å². The van der Waals surface area contributed by atoms with E-state index in [1.54, 1.807) is 24.5 Å². The molecule has 10 nitrogen and oxygen atoms in total. The van der Waals surface area contributed by atoms with Crippen molar-refractivity contribution in [2.45, 2.75) is 78.7 Å². The quantitative estimate of drug-likeness (QED) is 0.149. The molecule has 2 fully saturated rings. The zero-order valence-corrected chi connectivity index (χ0v) is 25.6. The maximum atomic E-state index is 13.5. The summed E-state index contributed by atoms with van der Waals surface area (Å²) in [5, 5.41) is 18.8. The number of pyridine rings is 1. The Kier molecular flexibility index (Phi) is 12.0. The van der Waals surface area contributed by atoms with Gasteiger partial charge in [-0.05, 0) is 57.6 Å². The second kappa shape index (κ2) is 15.2. The van der Waals surface area contributed by atoms with Gasteiger partial charge >= 0.3 is 11.9 Å². The summed E-state index contributed by atoms with van der Waals surface area (Å²) in [7, 11) is 0. The fourth-order valence-corrected chi connectivity index (χ4v) is 6.47. The highest BCUT2D eigenvalue weighted by Gasteiger charge is 2.34. The molecule has 1 atom stereocenters. The van der Waals surface area contributed by atoms with Crippen LogP contribution in [0.1, 0.15) is 81.9 Å². The average molecular weight is 603 g/mol. The maximum absolute atomic E-state index is 13.5.